The van der Waals surface area contributed by atoms with Crippen LogP contribution in [0.15, 0.2) is 12.1 Å². The lowest BCUT2D eigenvalue weighted by atomic mass is 9.82. The van der Waals surface area contributed by atoms with Gasteiger partial charge in [-0.2, -0.15) is 0 Å². The first-order chi connectivity index (χ1) is 10.8. The van der Waals surface area contributed by atoms with Gasteiger partial charge in [0.25, 0.3) is 0 Å². The summed E-state index contributed by atoms with van der Waals surface area (Å²) in [6.07, 6.45) is 1.06. The number of piperidine rings is 1. The van der Waals surface area contributed by atoms with Gasteiger partial charge >= 0.3 is 5.69 Å². The minimum atomic E-state index is -0.737. The van der Waals surface area contributed by atoms with Crippen LogP contribution in [0.4, 0.5) is 5.69 Å². The number of nitrogens with zero attached hydrogens (tertiary/aromatic N) is 2. The number of ketones is 1. The first-order valence-electron chi connectivity index (χ1n) is 7.31. The van der Waals surface area contributed by atoms with E-state index in [0.717, 1.165) is 6.07 Å². The number of rotatable bonds is 1. The predicted molar refractivity (Wildman–Crippen MR) is 78.6 cm³/mol. The lowest BCUT2D eigenvalue weighted by molar-refractivity contribution is -0.385. The molecule has 2 heterocycles. The second-order valence-corrected chi connectivity index (χ2v) is 5.95. The van der Waals surface area contributed by atoms with Crippen LogP contribution in [0.25, 0.3) is 0 Å². The molecule has 1 aromatic rings. The summed E-state index contributed by atoms with van der Waals surface area (Å²) in [6.45, 7) is 2.49. The number of carbonyl (C=O) groups excluding carboxylic acids is 2. The zero-order valence-electron chi connectivity index (χ0n) is 12.6. The number of benzene rings is 1. The Kier molecular flexibility index (Phi) is 3.46. The molecule has 1 amide bonds. The van der Waals surface area contributed by atoms with Gasteiger partial charge in [0.05, 0.1) is 11.3 Å². The zero-order chi connectivity index (χ0) is 16.8. The van der Waals surface area contributed by atoms with E-state index in [-0.39, 0.29) is 29.4 Å². The number of nitro benzene ring substituents is 1. The van der Waals surface area contributed by atoms with Crippen molar-refractivity contribution in [3.8, 4) is 11.5 Å². The number of amides is 1. The van der Waals surface area contributed by atoms with Crippen LogP contribution in [0.3, 0.4) is 0 Å². The van der Waals surface area contributed by atoms with Gasteiger partial charge in [0.1, 0.15) is 16.9 Å². The largest absolute Gasteiger partial charge is 0.501 e. The molecule has 1 aromatic carbocycles. The fraction of sp³-hybridized carbons (Fsp3) is 0.467. The first-order valence-corrected chi connectivity index (χ1v) is 7.31. The zero-order valence-corrected chi connectivity index (χ0v) is 12.6. The minimum Gasteiger partial charge on any atom is -0.501 e. The molecule has 1 N–H and O–H groups in total. The molecule has 0 bridgehead atoms. The van der Waals surface area contributed by atoms with Crippen molar-refractivity contribution in [3.05, 3.63) is 27.8 Å². The summed E-state index contributed by atoms with van der Waals surface area (Å²) in [5, 5.41) is 20.8. The third-order valence-corrected chi connectivity index (χ3v) is 4.52. The van der Waals surface area contributed by atoms with Crippen molar-refractivity contribution < 1.29 is 24.4 Å². The number of nitro groups is 1. The fourth-order valence-corrected chi connectivity index (χ4v) is 3.22. The third kappa shape index (κ3) is 2.49. The van der Waals surface area contributed by atoms with Crippen molar-refractivity contribution in [3.63, 3.8) is 0 Å². The highest BCUT2D eigenvalue weighted by molar-refractivity contribution is 6.04. The van der Waals surface area contributed by atoms with Gasteiger partial charge < -0.3 is 14.7 Å². The Balaban J connectivity index is 1.91. The number of likely N-dealkylation sites (tertiary alicyclic amines) is 1. The fourth-order valence-electron chi connectivity index (χ4n) is 3.22. The lowest BCUT2D eigenvalue weighted by Crippen LogP contribution is -2.51. The molecule has 1 spiro atoms. The molecule has 3 rings (SSSR count). The number of ether oxygens (including phenoxy) is 1. The first kappa shape index (κ1) is 15.3. The van der Waals surface area contributed by atoms with E-state index in [4.69, 9.17) is 4.74 Å². The summed E-state index contributed by atoms with van der Waals surface area (Å²) in [5.74, 6) is -0.867. The van der Waals surface area contributed by atoms with E-state index >= 15 is 0 Å². The second kappa shape index (κ2) is 5.22. The summed E-state index contributed by atoms with van der Waals surface area (Å²) < 4.78 is 5.93. The van der Waals surface area contributed by atoms with Gasteiger partial charge in [0, 0.05) is 38.9 Å². The Hall–Kier alpha value is -2.64. The average Bonchev–Trinajstić information content (AvgIpc) is 2.46. The highest BCUT2D eigenvalue weighted by Gasteiger charge is 2.45. The number of hydrogen-bond donors (Lipinski definition) is 1. The van der Waals surface area contributed by atoms with Crippen LogP contribution in [-0.4, -0.2) is 45.3 Å². The Bertz CT molecular complexity index is 706. The third-order valence-electron chi connectivity index (χ3n) is 4.52. The van der Waals surface area contributed by atoms with Crippen molar-refractivity contribution in [1.82, 2.24) is 4.90 Å². The van der Waals surface area contributed by atoms with E-state index in [9.17, 15) is 24.8 Å². The highest BCUT2D eigenvalue weighted by Crippen LogP contribution is 2.45. The van der Waals surface area contributed by atoms with Gasteiger partial charge in [0.2, 0.25) is 11.7 Å². The molecule has 8 heteroatoms. The van der Waals surface area contributed by atoms with Crippen LogP contribution in [0, 0.1) is 10.1 Å². The molecular formula is C15H16N2O6. The van der Waals surface area contributed by atoms with Gasteiger partial charge in [-0.05, 0) is 6.07 Å². The van der Waals surface area contributed by atoms with Gasteiger partial charge in [-0.25, -0.2) is 0 Å². The van der Waals surface area contributed by atoms with Crippen LogP contribution < -0.4 is 4.74 Å². The minimum absolute atomic E-state index is 0.0179. The summed E-state index contributed by atoms with van der Waals surface area (Å²) in [6, 6.07) is 2.48. The maximum absolute atomic E-state index is 12.4. The maximum atomic E-state index is 12.4. The van der Waals surface area contributed by atoms with Crippen molar-refractivity contribution in [2.24, 2.45) is 0 Å². The van der Waals surface area contributed by atoms with Gasteiger partial charge in [0.15, 0.2) is 5.78 Å². The number of hydrogen-bond acceptors (Lipinski definition) is 6. The smallest absolute Gasteiger partial charge is 0.311 e. The molecule has 0 atom stereocenters. The number of carbonyl (C=O) groups is 2. The maximum Gasteiger partial charge on any atom is 0.311 e. The van der Waals surface area contributed by atoms with Crippen molar-refractivity contribution >= 4 is 17.4 Å². The molecule has 1 saturated heterocycles. The molecule has 0 aliphatic carbocycles. The standard InChI is InChI=1S/C15H16N2O6/c1-9(18)16-6-4-15(5-7-16)8-11(19)13-12(23-15)3-2-10(14(13)20)17(21)22/h2-3,20H,4-8H2,1H3. The number of phenolic OH excluding ortho intramolecular Hbond substituents is 1. The van der Waals surface area contributed by atoms with Crippen molar-refractivity contribution in [2.75, 3.05) is 13.1 Å². The molecule has 2 aliphatic rings. The van der Waals surface area contributed by atoms with Gasteiger partial charge in [-0.3, -0.25) is 19.7 Å². The SMILES string of the molecule is CC(=O)N1CCC2(CC1)CC(=O)c1c(ccc([N+](=O)[O-])c1O)O2. The van der Waals surface area contributed by atoms with Crippen LogP contribution in [0.1, 0.15) is 36.5 Å². The normalized spacial score (nSPS) is 19.2. The topological polar surface area (TPSA) is 110 Å². The van der Waals surface area contributed by atoms with Crippen LogP contribution in [0.2, 0.25) is 0 Å². The molecule has 23 heavy (non-hydrogen) atoms. The van der Waals surface area contributed by atoms with E-state index in [1.807, 2.05) is 0 Å². The van der Waals surface area contributed by atoms with Crippen LogP contribution in [-0.2, 0) is 4.79 Å². The summed E-state index contributed by atoms with van der Waals surface area (Å²) in [7, 11) is 0. The van der Waals surface area contributed by atoms with E-state index in [1.165, 1.54) is 13.0 Å². The number of aromatic hydroxyl groups is 1. The van der Waals surface area contributed by atoms with E-state index in [0.29, 0.717) is 25.9 Å². The predicted octanol–water partition coefficient (Wildman–Crippen LogP) is 1.65. The summed E-state index contributed by atoms with van der Waals surface area (Å²) >= 11 is 0. The molecule has 8 nitrogen and oxygen atoms in total. The molecule has 0 radical (unpaired) electrons. The number of Topliss-reactive ketones (excluding diaryl/α,β-unsaturated/α-hetero) is 1. The van der Waals surface area contributed by atoms with E-state index in [2.05, 4.69) is 0 Å². The Morgan fingerprint density at radius 1 is 1.39 bits per heavy atom. The highest BCUT2D eigenvalue weighted by atomic mass is 16.6. The number of phenols is 1. The second-order valence-electron chi connectivity index (χ2n) is 5.95. The molecule has 0 saturated carbocycles. The lowest BCUT2D eigenvalue weighted by Gasteiger charge is -2.43. The van der Waals surface area contributed by atoms with Crippen LogP contribution in [0.5, 0.6) is 11.5 Å². The average molecular weight is 320 g/mol. The molecule has 122 valence electrons. The molecular weight excluding hydrogens is 304 g/mol. The Morgan fingerprint density at radius 2 is 2.04 bits per heavy atom. The Morgan fingerprint density at radius 3 is 2.61 bits per heavy atom. The van der Waals surface area contributed by atoms with Gasteiger partial charge in [-0.15, -0.1) is 0 Å². The Labute approximate surface area is 131 Å². The van der Waals surface area contributed by atoms with Crippen molar-refractivity contribution in [1.29, 1.82) is 0 Å². The van der Waals surface area contributed by atoms with Crippen molar-refractivity contribution in [2.45, 2.75) is 31.8 Å². The van der Waals surface area contributed by atoms with E-state index in [1.54, 1.807) is 4.90 Å². The number of fused-ring (bicyclic) bond motifs is 1. The van der Waals surface area contributed by atoms with E-state index < -0.39 is 22.0 Å². The molecule has 0 unspecified atom stereocenters. The molecule has 2 aliphatic heterocycles. The van der Waals surface area contributed by atoms with Gasteiger partial charge in [-0.1, -0.05) is 0 Å². The monoisotopic (exact) mass is 320 g/mol. The molecule has 0 aromatic heterocycles. The van der Waals surface area contributed by atoms with Crippen LogP contribution >= 0.6 is 0 Å². The summed E-state index contributed by atoms with van der Waals surface area (Å²) in [5.41, 5.74) is -1.35. The quantitative estimate of drug-likeness (QED) is 0.622. The summed E-state index contributed by atoms with van der Waals surface area (Å²) in [4.78, 5) is 35.7. The molecule has 1 fully saturated rings.